The number of piperazine rings is 1. The van der Waals surface area contributed by atoms with Gasteiger partial charge in [0.05, 0.1) is 19.1 Å². The molecule has 2 aromatic rings. The molecule has 2 heterocycles. The van der Waals surface area contributed by atoms with E-state index in [-0.39, 0.29) is 5.92 Å². The molecule has 2 aromatic carbocycles. The predicted octanol–water partition coefficient (Wildman–Crippen LogP) is 1.76. The van der Waals surface area contributed by atoms with Crippen LogP contribution in [0.5, 0.6) is 0 Å². The highest BCUT2D eigenvalue weighted by Gasteiger charge is 2.43. The monoisotopic (exact) mass is 307 g/mol. The van der Waals surface area contributed by atoms with Crippen LogP contribution >= 0.6 is 0 Å². The first-order chi connectivity index (χ1) is 11.3. The highest BCUT2D eigenvalue weighted by atomic mass is 16.2. The van der Waals surface area contributed by atoms with E-state index in [1.165, 1.54) is 17.5 Å². The summed E-state index contributed by atoms with van der Waals surface area (Å²) >= 11 is 0. The van der Waals surface area contributed by atoms with Crippen LogP contribution < -0.4 is 5.32 Å². The standard InChI is InChI=1S/C20H22N2O/c23-20(22-14-17-11-18(22)13-21-17)12-19(15-7-3-1-4-8-15)16-9-5-2-6-10-16/h1-10,17-19,21H,11-14H2/p+1/t17-,18-/m1/s1. The summed E-state index contributed by atoms with van der Waals surface area (Å²) in [6, 6.07) is 21.9. The maximum absolute atomic E-state index is 12.9. The maximum Gasteiger partial charge on any atom is 0.224 e. The number of benzene rings is 2. The highest BCUT2D eigenvalue weighted by Crippen LogP contribution is 2.30. The Morgan fingerprint density at radius 1 is 1.04 bits per heavy atom. The first-order valence-corrected chi connectivity index (χ1v) is 8.54. The number of likely N-dealkylation sites (tertiary alicyclic amines) is 1. The number of nitrogens with zero attached hydrogens (tertiary/aromatic N) is 1. The summed E-state index contributed by atoms with van der Waals surface area (Å²) in [6.45, 7) is 2.01. The Balaban J connectivity index is 1.57. The van der Waals surface area contributed by atoms with Gasteiger partial charge in [-0.05, 0) is 11.1 Å². The second-order valence-corrected chi connectivity index (χ2v) is 6.75. The van der Waals surface area contributed by atoms with E-state index in [4.69, 9.17) is 0 Å². The van der Waals surface area contributed by atoms with Crippen LogP contribution in [-0.4, -0.2) is 36.0 Å². The molecule has 0 radical (unpaired) electrons. The minimum Gasteiger partial charge on any atom is -0.341 e. The number of carbonyl (C=O) groups is 1. The molecule has 1 amide bonds. The molecule has 3 heteroatoms. The number of amides is 1. The van der Waals surface area contributed by atoms with Crippen molar-refractivity contribution in [3.63, 3.8) is 0 Å². The van der Waals surface area contributed by atoms with Crippen LogP contribution in [0.2, 0.25) is 0 Å². The number of quaternary nitrogens is 1. The van der Waals surface area contributed by atoms with Crippen molar-refractivity contribution in [2.75, 3.05) is 13.1 Å². The smallest absolute Gasteiger partial charge is 0.224 e. The number of hydrogen-bond donors (Lipinski definition) is 1. The largest absolute Gasteiger partial charge is 0.341 e. The third-order valence-corrected chi connectivity index (χ3v) is 5.29. The maximum atomic E-state index is 12.9. The summed E-state index contributed by atoms with van der Waals surface area (Å²) < 4.78 is 0. The lowest BCUT2D eigenvalue weighted by Gasteiger charge is -2.27. The normalized spacial score (nSPS) is 22.7. The molecule has 2 N–H and O–H groups in total. The fourth-order valence-corrected chi connectivity index (χ4v) is 4.09. The van der Waals surface area contributed by atoms with Gasteiger partial charge in [-0.1, -0.05) is 60.7 Å². The second-order valence-electron chi connectivity index (χ2n) is 6.75. The predicted molar refractivity (Wildman–Crippen MR) is 90.0 cm³/mol. The number of carbonyl (C=O) groups excluding carboxylic acids is 1. The molecule has 2 atom stereocenters. The zero-order valence-electron chi connectivity index (χ0n) is 13.3. The van der Waals surface area contributed by atoms with E-state index >= 15 is 0 Å². The molecule has 4 rings (SSSR count). The SMILES string of the molecule is O=C(CC(c1ccccc1)c1ccccc1)N1C[C@H]2C[C@@H]1C[NH2+]2. The van der Waals surface area contributed by atoms with E-state index in [1.807, 2.05) is 12.1 Å². The fraction of sp³-hybridized carbons (Fsp3) is 0.350. The fourth-order valence-electron chi connectivity index (χ4n) is 4.09. The first-order valence-electron chi connectivity index (χ1n) is 8.54. The van der Waals surface area contributed by atoms with Gasteiger partial charge in [-0.3, -0.25) is 4.79 Å². The molecule has 3 nitrogen and oxygen atoms in total. The molecule has 2 bridgehead atoms. The molecule has 0 spiro atoms. The van der Waals surface area contributed by atoms with Crippen LogP contribution in [0.15, 0.2) is 60.7 Å². The Morgan fingerprint density at radius 3 is 2.13 bits per heavy atom. The summed E-state index contributed by atoms with van der Waals surface area (Å²) in [5.41, 5.74) is 2.45. The Labute approximate surface area is 137 Å². The third kappa shape index (κ3) is 2.89. The van der Waals surface area contributed by atoms with Gasteiger partial charge in [-0.25, -0.2) is 0 Å². The van der Waals surface area contributed by atoms with Crippen molar-refractivity contribution < 1.29 is 10.1 Å². The Morgan fingerprint density at radius 2 is 1.65 bits per heavy atom. The lowest BCUT2D eigenvalue weighted by Crippen LogP contribution is -2.91. The van der Waals surface area contributed by atoms with Gasteiger partial charge in [0.25, 0.3) is 0 Å². The van der Waals surface area contributed by atoms with E-state index in [0.29, 0.717) is 24.4 Å². The van der Waals surface area contributed by atoms with E-state index in [0.717, 1.165) is 13.1 Å². The van der Waals surface area contributed by atoms with Crippen LogP contribution in [0, 0.1) is 0 Å². The van der Waals surface area contributed by atoms with Crippen molar-refractivity contribution in [3.8, 4) is 0 Å². The van der Waals surface area contributed by atoms with Gasteiger partial charge >= 0.3 is 0 Å². The van der Waals surface area contributed by atoms with Gasteiger partial charge in [0.2, 0.25) is 5.91 Å². The number of fused-ring (bicyclic) bond motifs is 2. The zero-order chi connectivity index (χ0) is 15.6. The van der Waals surface area contributed by atoms with Gasteiger partial charge in [0.1, 0.15) is 6.04 Å². The Kier molecular flexibility index (Phi) is 3.88. The van der Waals surface area contributed by atoms with E-state index in [1.54, 1.807) is 0 Å². The van der Waals surface area contributed by atoms with Crippen LogP contribution in [0.25, 0.3) is 0 Å². The van der Waals surface area contributed by atoms with Crippen LogP contribution in [0.3, 0.4) is 0 Å². The number of rotatable bonds is 4. The lowest BCUT2D eigenvalue weighted by molar-refractivity contribution is -0.677. The van der Waals surface area contributed by atoms with Gasteiger partial charge in [-0.15, -0.1) is 0 Å². The molecular formula is C20H23N2O+. The molecular weight excluding hydrogens is 284 g/mol. The van der Waals surface area contributed by atoms with Crippen molar-refractivity contribution in [3.05, 3.63) is 71.8 Å². The van der Waals surface area contributed by atoms with Crippen LogP contribution in [-0.2, 0) is 4.79 Å². The minimum absolute atomic E-state index is 0.146. The van der Waals surface area contributed by atoms with Gasteiger partial charge in [0.15, 0.2) is 0 Å². The van der Waals surface area contributed by atoms with Gasteiger partial charge in [-0.2, -0.15) is 0 Å². The van der Waals surface area contributed by atoms with Gasteiger partial charge < -0.3 is 10.2 Å². The van der Waals surface area contributed by atoms with Crippen molar-refractivity contribution in [2.45, 2.75) is 30.8 Å². The quantitative estimate of drug-likeness (QED) is 0.918. The molecule has 0 unspecified atom stereocenters. The first kappa shape index (κ1) is 14.5. The van der Waals surface area contributed by atoms with Crippen LogP contribution in [0.4, 0.5) is 0 Å². The molecule has 2 aliphatic rings. The molecule has 118 valence electrons. The van der Waals surface area contributed by atoms with Crippen molar-refractivity contribution in [1.29, 1.82) is 0 Å². The van der Waals surface area contributed by atoms with Crippen LogP contribution in [0.1, 0.15) is 29.9 Å². The van der Waals surface area contributed by atoms with Gasteiger partial charge in [0, 0.05) is 18.8 Å². The average molecular weight is 307 g/mol. The molecule has 0 aliphatic carbocycles. The summed E-state index contributed by atoms with van der Waals surface area (Å²) in [6.07, 6.45) is 1.74. The minimum atomic E-state index is 0.146. The highest BCUT2D eigenvalue weighted by molar-refractivity contribution is 5.78. The molecule has 2 saturated heterocycles. The van der Waals surface area contributed by atoms with Crippen molar-refractivity contribution in [1.82, 2.24) is 4.90 Å². The topological polar surface area (TPSA) is 36.9 Å². The zero-order valence-corrected chi connectivity index (χ0v) is 13.3. The summed E-state index contributed by atoms with van der Waals surface area (Å²) in [7, 11) is 0. The Bertz CT molecular complexity index is 631. The molecule has 0 aromatic heterocycles. The van der Waals surface area contributed by atoms with Crippen molar-refractivity contribution in [2.24, 2.45) is 0 Å². The van der Waals surface area contributed by atoms with Crippen molar-refractivity contribution >= 4 is 5.91 Å². The summed E-state index contributed by atoms with van der Waals surface area (Å²) in [5, 5.41) is 2.39. The number of nitrogens with two attached hydrogens (primary N) is 1. The summed E-state index contributed by atoms with van der Waals surface area (Å²) in [5.74, 6) is 0.455. The second kappa shape index (κ2) is 6.17. The summed E-state index contributed by atoms with van der Waals surface area (Å²) in [4.78, 5) is 15.0. The number of hydrogen-bond acceptors (Lipinski definition) is 1. The third-order valence-electron chi connectivity index (χ3n) is 5.29. The molecule has 2 aliphatic heterocycles. The Hall–Kier alpha value is -2.13. The van der Waals surface area contributed by atoms with E-state index < -0.39 is 0 Å². The lowest BCUT2D eigenvalue weighted by atomic mass is 9.88. The van der Waals surface area contributed by atoms with E-state index in [9.17, 15) is 4.79 Å². The molecule has 0 saturated carbocycles. The average Bonchev–Trinajstić information content (AvgIpc) is 3.24. The molecule has 2 fully saturated rings. The van der Waals surface area contributed by atoms with E-state index in [2.05, 4.69) is 58.7 Å². The molecule has 23 heavy (non-hydrogen) atoms.